The van der Waals surface area contributed by atoms with Crippen LogP contribution in [0, 0.1) is 10.7 Å². The van der Waals surface area contributed by atoms with Crippen molar-refractivity contribution in [1.82, 2.24) is 0 Å². The number of methoxy groups -OCH3 is 1. The predicted molar refractivity (Wildman–Crippen MR) is 39.3 cm³/mol. The van der Waals surface area contributed by atoms with Crippen LogP contribution in [0.2, 0.25) is 0 Å². The first-order chi connectivity index (χ1) is 4.76. The van der Waals surface area contributed by atoms with Gasteiger partial charge in [0.25, 0.3) is 0 Å². The zero-order valence-electron chi connectivity index (χ0n) is 5.96. The Morgan fingerprint density at radius 2 is 2.50 bits per heavy atom. The molecule has 0 aliphatic carbocycles. The van der Waals surface area contributed by atoms with Crippen LogP contribution in [-0.2, 0) is 9.53 Å². The second-order valence-electron chi connectivity index (χ2n) is 1.63. The number of hydrogen-bond donors (Lipinski definition) is 0. The number of rotatable bonds is 3. The molecule has 0 fully saturated rings. The summed E-state index contributed by atoms with van der Waals surface area (Å²) in [5.41, 5.74) is 0. The van der Waals surface area contributed by atoms with E-state index in [-0.39, 0.29) is 11.2 Å². The minimum Gasteiger partial charge on any atom is -0.468 e. The van der Waals surface area contributed by atoms with E-state index < -0.39 is 0 Å². The molecule has 0 spiro atoms. The van der Waals surface area contributed by atoms with Crippen molar-refractivity contribution in [1.29, 1.82) is 5.26 Å². The van der Waals surface area contributed by atoms with Gasteiger partial charge in [0, 0.05) is 0 Å². The molecule has 0 bridgehead atoms. The molecule has 10 heavy (non-hydrogen) atoms. The van der Waals surface area contributed by atoms with Crippen molar-refractivity contribution in [2.45, 2.75) is 18.6 Å². The normalized spacial score (nSPS) is 11.7. The third kappa shape index (κ3) is 2.74. The van der Waals surface area contributed by atoms with E-state index in [0.29, 0.717) is 6.42 Å². The molecular weight excluding hydrogens is 150 g/mol. The lowest BCUT2D eigenvalue weighted by molar-refractivity contribution is -0.139. The molecule has 0 N–H and O–H groups in total. The van der Waals surface area contributed by atoms with Crippen LogP contribution in [0.3, 0.4) is 0 Å². The molecule has 0 radical (unpaired) electrons. The Balaban J connectivity index is 3.83. The number of carbonyl (C=O) groups is 1. The van der Waals surface area contributed by atoms with Gasteiger partial charge in [0.2, 0.25) is 0 Å². The Hall–Kier alpha value is -0.690. The van der Waals surface area contributed by atoms with E-state index in [2.05, 4.69) is 4.74 Å². The molecule has 0 rings (SSSR count). The minimum atomic E-state index is -0.325. The van der Waals surface area contributed by atoms with Crippen molar-refractivity contribution in [3.8, 4) is 5.40 Å². The molecule has 0 aromatic carbocycles. The zero-order chi connectivity index (χ0) is 7.98. The second-order valence-corrected chi connectivity index (χ2v) is 2.62. The van der Waals surface area contributed by atoms with Crippen LogP contribution in [0.25, 0.3) is 0 Å². The lowest BCUT2D eigenvalue weighted by atomic mass is 10.3. The average Bonchev–Trinajstić information content (AvgIpc) is 1.99. The number of thioether (sulfide) groups is 1. The van der Waals surface area contributed by atoms with Gasteiger partial charge in [0.15, 0.2) is 0 Å². The number of ether oxygens (including phenoxy) is 1. The fourth-order valence-corrected chi connectivity index (χ4v) is 0.980. The fraction of sp³-hybridized carbons (Fsp3) is 0.667. The molecule has 0 saturated heterocycles. The maximum absolute atomic E-state index is 10.7. The highest BCUT2D eigenvalue weighted by Crippen LogP contribution is 2.13. The number of nitriles is 1. The summed E-state index contributed by atoms with van der Waals surface area (Å²) in [5.74, 6) is -0.325. The summed E-state index contributed by atoms with van der Waals surface area (Å²) < 4.78 is 4.44. The Labute approximate surface area is 64.4 Å². The summed E-state index contributed by atoms with van der Waals surface area (Å²) >= 11 is 0.940. The number of esters is 1. The fourth-order valence-electron chi connectivity index (χ4n) is 0.493. The molecule has 4 heteroatoms. The summed E-state index contributed by atoms with van der Waals surface area (Å²) in [6.07, 6.45) is 0.630. The Kier molecular flexibility index (Phi) is 4.77. The number of nitrogens with zero attached hydrogens (tertiary/aromatic N) is 1. The maximum atomic E-state index is 10.7. The van der Waals surface area contributed by atoms with Crippen LogP contribution >= 0.6 is 11.8 Å². The smallest absolute Gasteiger partial charge is 0.319 e. The molecule has 3 nitrogen and oxygen atoms in total. The second kappa shape index (κ2) is 5.12. The lowest BCUT2D eigenvalue weighted by Gasteiger charge is -2.05. The van der Waals surface area contributed by atoms with Crippen LogP contribution in [-0.4, -0.2) is 18.3 Å². The first kappa shape index (κ1) is 9.31. The first-order valence-electron chi connectivity index (χ1n) is 2.88. The largest absolute Gasteiger partial charge is 0.468 e. The van der Waals surface area contributed by atoms with E-state index in [0.717, 1.165) is 11.8 Å². The topological polar surface area (TPSA) is 50.1 Å². The van der Waals surface area contributed by atoms with Crippen LogP contribution in [0.4, 0.5) is 0 Å². The number of thiocyanates is 1. The van der Waals surface area contributed by atoms with Gasteiger partial charge in [-0.2, -0.15) is 5.26 Å². The molecular formula is C6H9NO2S. The number of carbonyl (C=O) groups excluding carboxylic acids is 1. The molecule has 0 aromatic rings. The summed E-state index contributed by atoms with van der Waals surface area (Å²) in [6.45, 7) is 1.84. The van der Waals surface area contributed by atoms with E-state index in [1.54, 1.807) is 0 Å². The molecule has 0 unspecified atom stereocenters. The summed E-state index contributed by atoms with van der Waals surface area (Å²) in [5, 5.41) is 9.74. The summed E-state index contributed by atoms with van der Waals surface area (Å²) in [6, 6.07) is 0. The van der Waals surface area contributed by atoms with Crippen molar-refractivity contribution in [2.75, 3.05) is 7.11 Å². The first-order valence-corrected chi connectivity index (χ1v) is 3.76. The average molecular weight is 159 g/mol. The van der Waals surface area contributed by atoms with Gasteiger partial charge in [-0.05, 0) is 18.2 Å². The van der Waals surface area contributed by atoms with Crippen molar-refractivity contribution >= 4 is 17.7 Å². The highest BCUT2D eigenvalue weighted by atomic mass is 32.2. The molecule has 1 atom stereocenters. The quantitative estimate of drug-likeness (QED) is 0.458. The lowest BCUT2D eigenvalue weighted by Crippen LogP contribution is -2.16. The van der Waals surface area contributed by atoms with Crippen LogP contribution in [0.15, 0.2) is 0 Å². The highest BCUT2D eigenvalue weighted by Gasteiger charge is 2.16. The molecule has 0 heterocycles. The Bertz CT molecular complexity index is 152. The van der Waals surface area contributed by atoms with E-state index in [9.17, 15) is 4.79 Å². The van der Waals surface area contributed by atoms with Gasteiger partial charge in [0.05, 0.1) is 7.11 Å². The van der Waals surface area contributed by atoms with Gasteiger partial charge < -0.3 is 4.74 Å². The van der Waals surface area contributed by atoms with Crippen molar-refractivity contribution in [3.05, 3.63) is 0 Å². The molecule has 0 saturated carbocycles. The SMILES string of the molecule is CC[C@H](SC#N)C(=O)OC. The van der Waals surface area contributed by atoms with Crippen LogP contribution in [0.5, 0.6) is 0 Å². The zero-order valence-corrected chi connectivity index (χ0v) is 6.77. The standard InChI is InChI=1S/C6H9NO2S/c1-3-5(10-4-7)6(8)9-2/h5H,3H2,1-2H3/t5-/m0/s1. The van der Waals surface area contributed by atoms with E-state index in [4.69, 9.17) is 5.26 Å². The van der Waals surface area contributed by atoms with Crippen molar-refractivity contribution < 1.29 is 9.53 Å². The van der Waals surface area contributed by atoms with Crippen LogP contribution < -0.4 is 0 Å². The molecule has 0 amide bonds. The highest BCUT2D eigenvalue weighted by molar-refractivity contribution is 8.04. The molecule has 0 aromatic heterocycles. The van der Waals surface area contributed by atoms with Gasteiger partial charge in [-0.25, -0.2) is 0 Å². The molecule has 0 aliphatic heterocycles. The van der Waals surface area contributed by atoms with Gasteiger partial charge >= 0.3 is 5.97 Å². The van der Waals surface area contributed by atoms with E-state index >= 15 is 0 Å². The van der Waals surface area contributed by atoms with Crippen molar-refractivity contribution in [2.24, 2.45) is 0 Å². The minimum absolute atomic E-state index is 0.324. The summed E-state index contributed by atoms with van der Waals surface area (Å²) in [7, 11) is 1.32. The third-order valence-electron chi connectivity index (χ3n) is 1.03. The molecule has 56 valence electrons. The van der Waals surface area contributed by atoms with Crippen molar-refractivity contribution in [3.63, 3.8) is 0 Å². The van der Waals surface area contributed by atoms with E-state index in [1.165, 1.54) is 7.11 Å². The van der Waals surface area contributed by atoms with Gasteiger partial charge in [-0.1, -0.05) is 6.92 Å². The summed E-state index contributed by atoms with van der Waals surface area (Å²) in [4.78, 5) is 10.7. The number of hydrogen-bond acceptors (Lipinski definition) is 4. The van der Waals surface area contributed by atoms with Crippen LogP contribution in [0.1, 0.15) is 13.3 Å². The monoisotopic (exact) mass is 159 g/mol. The van der Waals surface area contributed by atoms with Gasteiger partial charge in [0.1, 0.15) is 10.7 Å². The van der Waals surface area contributed by atoms with E-state index in [1.807, 2.05) is 12.3 Å². The molecule has 0 aliphatic rings. The van der Waals surface area contributed by atoms with Gasteiger partial charge in [-0.3, -0.25) is 4.79 Å². The van der Waals surface area contributed by atoms with Gasteiger partial charge in [-0.15, -0.1) is 0 Å². The third-order valence-corrected chi connectivity index (χ3v) is 1.95. The predicted octanol–water partition coefficient (Wildman–Crippen LogP) is 1.15. The Morgan fingerprint density at radius 3 is 2.80 bits per heavy atom. The maximum Gasteiger partial charge on any atom is 0.319 e. The Morgan fingerprint density at radius 1 is 1.90 bits per heavy atom.